The average molecular weight is 246 g/mol. The predicted molar refractivity (Wildman–Crippen MR) is 72.8 cm³/mol. The molecule has 0 amide bonds. The maximum Gasteiger partial charge on any atom is 0.119 e. The Kier molecular flexibility index (Phi) is 3.52. The molecule has 0 bridgehead atoms. The molecular formula is C15H22N2O. The fourth-order valence-electron chi connectivity index (χ4n) is 3.25. The summed E-state index contributed by atoms with van der Waals surface area (Å²) >= 11 is 0. The zero-order valence-corrected chi connectivity index (χ0v) is 10.9. The van der Waals surface area contributed by atoms with Crippen molar-refractivity contribution in [3.05, 3.63) is 29.3 Å². The van der Waals surface area contributed by atoms with Crippen LogP contribution in [0.25, 0.3) is 0 Å². The molecule has 3 heteroatoms. The number of hydrogen-bond acceptors (Lipinski definition) is 3. The minimum atomic E-state index is 0.440. The molecule has 1 aliphatic heterocycles. The lowest BCUT2D eigenvalue weighted by atomic mass is 10.1. The van der Waals surface area contributed by atoms with Crippen molar-refractivity contribution in [2.75, 3.05) is 26.2 Å². The van der Waals surface area contributed by atoms with Crippen molar-refractivity contribution in [1.82, 2.24) is 10.2 Å². The molecule has 0 spiro atoms. The van der Waals surface area contributed by atoms with E-state index in [4.69, 9.17) is 0 Å². The third-order valence-corrected chi connectivity index (χ3v) is 4.26. The van der Waals surface area contributed by atoms with Crippen LogP contribution in [-0.2, 0) is 6.42 Å². The molecule has 1 aromatic carbocycles. The van der Waals surface area contributed by atoms with Gasteiger partial charge in [-0.25, -0.2) is 0 Å². The largest absolute Gasteiger partial charge is 0.508 e. The summed E-state index contributed by atoms with van der Waals surface area (Å²) in [5, 5.41) is 13.5. The van der Waals surface area contributed by atoms with E-state index in [1.165, 1.54) is 31.5 Å². The van der Waals surface area contributed by atoms with Gasteiger partial charge in [0.1, 0.15) is 5.75 Å². The molecule has 1 unspecified atom stereocenters. The minimum absolute atomic E-state index is 0.440. The van der Waals surface area contributed by atoms with Crippen molar-refractivity contribution in [3.63, 3.8) is 0 Å². The summed E-state index contributed by atoms with van der Waals surface area (Å²) in [5.74, 6) is 0.469. The summed E-state index contributed by atoms with van der Waals surface area (Å²) in [7, 11) is 0. The zero-order valence-electron chi connectivity index (χ0n) is 10.9. The Hall–Kier alpha value is -1.06. The molecule has 98 valence electrons. The van der Waals surface area contributed by atoms with E-state index in [0.29, 0.717) is 11.8 Å². The number of likely N-dealkylation sites (tertiary alicyclic amines) is 1. The van der Waals surface area contributed by atoms with Crippen LogP contribution in [0.2, 0.25) is 0 Å². The second kappa shape index (κ2) is 5.29. The second-order valence-electron chi connectivity index (χ2n) is 5.44. The van der Waals surface area contributed by atoms with Crippen molar-refractivity contribution in [3.8, 4) is 5.75 Å². The molecule has 18 heavy (non-hydrogen) atoms. The Morgan fingerprint density at radius 1 is 1.28 bits per heavy atom. The van der Waals surface area contributed by atoms with Crippen LogP contribution in [0.15, 0.2) is 18.2 Å². The van der Waals surface area contributed by atoms with Crippen molar-refractivity contribution >= 4 is 0 Å². The van der Waals surface area contributed by atoms with Gasteiger partial charge in [-0.1, -0.05) is 12.1 Å². The number of benzene rings is 1. The number of phenols is 1. The van der Waals surface area contributed by atoms with Crippen LogP contribution in [0.5, 0.6) is 5.75 Å². The molecule has 1 atom stereocenters. The van der Waals surface area contributed by atoms with Crippen LogP contribution < -0.4 is 5.32 Å². The Morgan fingerprint density at radius 2 is 2.11 bits per heavy atom. The summed E-state index contributed by atoms with van der Waals surface area (Å²) in [6.45, 7) is 4.75. The van der Waals surface area contributed by atoms with Crippen LogP contribution in [0.1, 0.15) is 36.4 Å². The van der Waals surface area contributed by atoms with E-state index in [-0.39, 0.29) is 0 Å². The van der Waals surface area contributed by atoms with Crippen LogP contribution in [0.4, 0.5) is 0 Å². The molecule has 0 saturated carbocycles. The van der Waals surface area contributed by atoms with Crippen LogP contribution in [0.3, 0.4) is 0 Å². The van der Waals surface area contributed by atoms with E-state index >= 15 is 0 Å². The van der Waals surface area contributed by atoms with Gasteiger partial charge in [0.2, 0.25) is 0 Å². The summed E-state index contributed by atoms with van der Waals surface area (Å²) in [6.07, 6.45) is 4.84. The molecule has 3 nitrogen and oxygen atoms in total. The standard InChI is InChI=1S/C15H22N2O/c18-15-5-3-4-12-13(15)6-7-14(12)16-8-11-17-9-1-2-10-17/h3-5,14,16,18H,1-2,6-11H2. The third-order valence-electron chi connectivity index (χ3n) is 4.26. The molecule has 2 N–H and O–H groups in total. The van der Waals surface area contributed by atoms with Crippen LogP contribution in [0, 0.1) is 0 Å². The van der Waals surface area contributed by atoms with Gasteiger partial charge in [0.05, 0.1) is 0 Å². The number of aromatic hydroxyl groups is 1. The van der Waals surface area contributed by atoms with Gasteiger partial charge in [-0.05, 0) is 56.0 Å². The number of nitrogens with zero attached hydrogens (tertiary/aromatic N) is 1. The van der Waals surface area contributed by atoms with E-state index in [0.717, 1.165) is 31.5 Å². The molecule has 1 fully saturated rings. The maximum atomic E-state index is 9.81. The van der Waals surface area contributed by atoms with Gasteiger partial charge in [0, 0.05) is 19.1 Å². The maximum absolute atomic E-state index is 9.81. The highest BCUT2D eigenvalue weighted by molar-refractivity contribution is 5.44. The Balaban J connectivity index is 1.54. The predicted octanol–water partition coefficient (Wildman–Crippen LogP) is 2.06. The molecule has 1 aliphatic carbocycles. The summed E-state index contributed by atoms with van der Waals surface area (Å²) in [5.41, 5.74) is 2.45. The van der Waals surface area contributed by atoms with Crippen molar-refractivity contribution < 1.29 is 5.11 Å². The van der Waals surface area contributed by atoms with E-state index in [1.807, 2.05) is 6.07 Å². The highest BCUT2D eigenvalue weighted by Gasteiger charge is 2.24. The molecule has 1 heterocycles. The van der Waals surface area contributed by atoms with Gasteiger partial charge >= 0.3 is 0 Å². The average Bonchev–Trinajstić information content (AvgIpc) is 3.00. The van der Waals surface area contributed by atoms with Crippen LogP contribution >= 0.6 is 0 Å². The molecule has 0 radical (unpaired) electrons. The molecule has 0 aromatic heterocycles. The van der Waals surface area contributed by atoms with Crippen molar-refractivity contribution in [2.45, 2.75) is 31.7 Å². The Bertz CT molecular complexity index is 413. The third kappa shape index (κ3) is 2.38. The smallest absolute Gasteiger partial charge is 0.119 e. The SMILES string of the molecule is Oc1cccc2c1CCC2NCCN1CCCC1. The zero-order chi connectivity index (χ0) is 12.4. The van der Waals surface area contributed by atoms with E-state index in [9.17, 15) is 5.11 Å². The summed E-state index contributed by atoms with van der Waals surface area (Å²) in [4.78, 5) is 2.53. The number of nitrogens with one attached hydrogen (secondary N) is 1. The molecule has 2 aliphatic rings. The molecule has 3 rings (SSSR count). The lowest BCUT2D eigenvalue weighted by molar-refractivity contribution is 0.327. The van der Waals surface area contributed by atoms with Gasteiger partial charge in [0.25, 0.3) is 0 Å². The van der Waals surface area contributed by atoms with Crippen molar-refractivity contribution in [1.29, 1.82) is 0 Å². The van der Waals surface area contributed by atoms with Gasteiger partial charge in [-0.2, -0.15) is 0 Å². The highest BCUT2D eigenvalue weighted by Crippen LogP contribution is 2.35. The fourth-order valence-corrected chi connectivity index (χ4v) is 3.25. The van der Waals surface area contributed by atoms with Gasteiger partial charge in [-0.15, -0.1) is 0 Å². The minimum Gasteiger partial charge on any atom is -0.508 e. The lowest BCUT2D eigenvalue weighted by Gasteiger charge is -2.18. The second-order valence-corrected chi connectivity index (χ2v) is 5.44. The number of hydrogen-bond donors (Lipinski definition) is 2. The first kappa shape index (κ1) is 12.0. The summed E-state index contributed by atoms with van der Waals surface area (Å²) in [6, 6.07) is 6.34. The lowest BCUT2D eigenvalue weighted by Crippen LogP contribution is -2.31. The Morgan fingerprint density at radius 3 is 2.94 bits per heavy atom. The van der Waals surface area contributed by atoms with E-state index < -0.39 is 0 Å². The first-order valence-corrected chi connectivity index (χ1v) is 7.11. The Labute approximate surface area is 109 Å². The van der Waals surface area contributed by atoms with Crippen LogP contribution in [-0.4, -0.2) is 36.2 Å². The van der Waals surface area contributed by atoms with Gasteiger partial charge in [-0.3, -0.25) is 0 Å². The number of fused-ring (bicyclic) bond motifs is 1. The topological polar surface area (TPSA) is 35.5 Å². The quantitative estimate of drug-likeness (QED) is 0.853. The number of phenolic OH excluding ortho intramolecular Hbond substituents is 1. The molecule has 1 aromatic rings. The first-order chi connectivity index (χ1) is 8.84. The van der Waals surface area contributed by atoms with Crippen molar-refractivity contribution in [2.24, 2.45) is 0 Å². The number of rotatable bonds is 4. The van der Waals surface area contributed by atoms with Gasteiger partial charge < -0.3 is 15.3 Å². The fraction of sp³-hybridized carbons (Fsp3) is 0.600. The normalized spacial score (nSPS) is 23.4. The molecule has 1 saturated heterocycles. The van der Waals surface area contributed by atoms with Gasteiger partial charge in [0.15, 0.2) is 0 Å². The first-order valence-electron chi connectivity index (χ1n) is 7.11. The summed E-state index contributed by atoms with van der Waals surface area (Å²) < 4.78 is 0. The van der Waals surface area contributed by atoms with E-state index in [2.05, 4.69) is 16.3 Å². The monoisotopic (exact) mass is 246 g/mol. The highest BCUT2D eigenvalue weighted by atomic mass is 16.3. The van der Waals surface area contributed by atoms with E-state index in [1.54, 1.807) is 6.07 Å². The molecular weight excluding hydrogens is 224 g/mol.